The fraction of sp³-hybridized carbons (Fsp3) is 0.111. The van der Waals surface area contributed by atoms with Gasteiger partial charge in [-0.3, -0.25) is 4.79 Å². The molecule has 0 fully saturated rings. The Morgan fingerprint density at radius 2 is 1.33 bits per heavy atom. The van der Waals surface area contributed by atoms with Crippen molar-refractivity contribution in [2.45, 2.75) is 6.42 Å². The molecule has 0 atom stereocenters. The van der Waals surface area contributed by atoms with Crippen LogP contribution in [0.1, 0.15) is 12.0 Å². The summed E-state index contributed by atoms with van der Waals surface area (Å²) in [4.78, 5) is 25.4. The summed E-state index contributed by atoms with van der Waals surface area (Å²) in [5, 5.41) is 33.9. The van der Waals surface area contributed by atoms with Gasteiger partial charge in [0.05, 0.1) is 0 Å². The second-order valence-corrected chi connectivity index (χ2v) is 7.85. The molecular formula is C27H25N5O4. The molecule has 0 unspecified atom stereocenters. The first kappa shape index (κ1) is 24.4. The molecule has 0 saturated carbocycles. The molecule has 0 aliphatic heterocycles. The highest BCUT2D eigenvalue weighted by molar-refractivity contribution is 5.91. The molecular weight excluding hydrogens is 458 g/mol. The largest absolute Gasteiger partial charge is 0.508 e. The lowest BCUT2D eigenvalue weighted by atomic mass is 10.2. The number of nitrogens with one attached hydrogen (secondary N) is 2. The minimum atomic E-state index is -0.223. The Hall–Kier alpha value is -4.76. The van der Waals surface area contributed by atoms with Gasteiger partial charge in [0.15, 0.2) is 11.6 Å². The summed E-state index contributed by atoms with van der Waals surface area (Å²) < 4.78 is 0. The minimum Gasteiger partial charge on any atom is -0.508 e. The lowest BCUT2D eigenvalue weighted by Gasteiger charge is -2.10. The molecule has 1 aromatic heterocycles. The number of anilines is 2. The van der Waals surface area contributed by atoms with Gasteiger partial charge in [-0.05, 0) is 78.7 Å². The van der Waals surface area contributed by atoms with Gasteiger partial charge in [-0.2, -0.15) is 9.97 Å². The summed E-state index contributed by atoms with van der Waals surface area (Å²) in [6.07, 6.45) is 3.66. The number of hydrogen-bond donors (Lipinski definition) is 5. The van der Waals surface area contributed by atoms with Crippen molar-refractivity contribution in [2.24, 2.45) is 0 Å². The number of phenols is 2. The molecule has 182 valence electrons. The smallest absolute Gasteiger partial charge is 0.244 e. The summed E-state index contributed by atoms with van der Waals surface area (Å²) in [5.41, 5.74) is 2.98. The van der Waals surface area contributed by atoms with E-state index < -0.39 is 0 Å². The molecule has 0 aliphatic carbocycles. The van der Waals surface area contributed by atoms with Crippen LogP contribution < -0.4 is 10.6 Å². The first-order valence-electron chi connectivity index (χ1n) is 11.3. The zero-order valence-electron chi connectivity index (χ0n) is 19.3. The Morgan fingerprint density at radius 3 is 1.86 bits per heavy atom. The van der Waals surface area contributed by atoms with Crippen LogP contribution in [0.4, 0.5) is 11.6 Å². The number of aliphatic hydroxyl groups excluding tert-OH is 1. The van der Waals surface area contributed by atoms with E-state index in [4.69, 9.17) is 5.11 Å². The fourth-order valence-corrected chi connectivity index (χ4v) is 3.24. The van der Waals surface area contributed by atoms with E-state index in [9.17, 15) is 15.0 Å². The molecule has 1 amide bonds. The Morgan fingerprint density at radius 1 is 0.778 bits per heavy atom. The highest BCUT2D eigenvalue weighted by Gasteiger charge is 2.11. The van der Waals surface area contributed by atoms with Crippen molar-refractivity contribution < 1.29 is 20.1 Å². The summed E-state index contributed by atoms with van der Waals surface area (Å²) in [6.45, 7) is 0.458. The van der Waals surface area contributed by atoms with Crippen LogP contribution in [0.3, 0.4) is 0 Å². The van der Waals surface area contributed by atoms with Crippen molar-refractivity contribution >= 4 is 23.6 Å². The summed E-state index contributed by atoms with van der Waals surface area (Å²) in [5.74, 6) is 1.22. The number of carbonyl (C=O) groups excluding carboxylic acids is 1. The van der Waals surface area contributed by atoms with Crippen LogP contribution in [-0.2, 0) is 4.79 Å². The third kappa shape index (κ3) is 6.64. The molecule has 0 radical (unpaired) electrons. The molecule has 0 saturated heterocycles. The van der Waals surface area contributed by atoms with Gasteiger partial charge in [0.25, 0.3) is 0 Å². The fourth-order valence-electron chi connectivity index (χ4n) is 3.24. The average Bonchev–Trinajstić information content (AvgIpc) is 2.89. The van der Waals surface area contributed by atoms with Crippen LogP contribution in [0.2, 0.25) is 0 Å². The lowest BCUT2D eigenvalue weighted by molar-refractivity contribution is -0.116. The first-order valence-corrected chi connectivity index (χ1v) is 11.3. The SMILES string of the molecule is O=C(/C=C/c1ccc(Nc2nc(-c3ccc(O)cc3)nc(-c3ccc(O)cc3)n2)cc1)NCCCO. The van der Waals surface area contributed by atoms with Crippen molar-refractivity contribution in [3.05, 3.63) is 84.4 Å². The zero-order valence-corrected chi connectivity index (χ0v) is 19.3. The molecule has 9 heteroatoms. The summed E-state index contributed by atoms with van der Waals surface area (Å²) >= 11 is 0. The highest BCUT2D eigenvalue weighted by Crippen LogP contribution is 2.25. The molecule has 5 N–H and O–H groups in total. The molecule has 0 spiro atoms. The molecule has 36 heavy (non-hydrogen) atoms. The van der Waals surface area contributed by atoms with Crippen molar-refractivity contribution in [2.75, 3.05) is 18.5 Å². The zero-order chi connectivity index (χ0) is 25.3. The highest BCUT2D eigenvalue weighted by atomic mass is 16.3. The maximum Gasteiger partial charge on any atom is 0.244 e. The van der Waals surface area contributed by atoms with Gasteiger partial charge >= 0.3 is 0 Å². The van der Waals surface area contributed by atoms with Gasteiger partial charge < -0.3 is 26.0 Å². The number of nitrogens with zero attached hydrogens (tertiary/aromatic N) is 3. The van der Waals surface area contributed by atoms with Gasteiger partial charge in [0.1, 0.15) is 11.5 Å². The second-order valence-electron chi connectivity index (χ2n) is 7.85. The number of aromatic hydroxyl groups is 2. The van der Waals surface area contributed by atoms with E-state index in [0.29, 0.717) is 41.7 Å². The predicted octanol–water partition coefficient (Wildman–Crippen LogP) is 3.87. The second kappa shape index (κ2) is 11.6. The van der Waals surface area contributed by atoms with E-state index in [-0.39, 0.29) is 24.0 Å². The Balaban J connectivity index is 1.56. The Kier molecular flexibility index (Phi) is 7.84. The molecule has 9 nitrogen and oxygen atoms in total. The van der Waals surface area contributed by atoms with Crippen LogP contribution in [0.25, 0.3) is 28.9 Å². The molecule has 0 aliphatic rings. The van der Waals surface area contributed by atoms with E-state index >= 15 is 0 Å². The van der Waals surface area contributed by atoms with Crippen molar-refractivity contribution in [3.63, 3.8) is 0 Å². The van der Waals surface area contributed by atoms with Crippen molar-refractivity contribution in [1.29, 1.82) is 0 Å². The molecule has 1 heterocycles. The van der Waals surface area contributed by atoms with Gasteiger partial charge in [-0.1, -0.05) is 12.1 Å². The number of aromatic nitrogens is 3. The van der Waals surface area contributed by atoms with E-state index in [1.54, 1.807) is 54.6 Å². The van der Waals surface area contributed by atoms with Gasteiger partial charge in [0.2, 0.25) is 11.9 Å². The van der Waals surface area contributed by atoms with Gasteiger partial charge in [-0.25, -0.2) is 4.98 Å². The Labute approximate surface area is 207 Å². The molecule has 0 bridgehead atoms. The van der Waals surface area contributed by atoms with Gasteiger partial charge in [-0.15, -0.1) is 0 Å². The topological polar surface area (TPSA) is 140 Å². The van der Waals surface area contributed by atoms with E-state index in [1.165, 1.54) is 6.08 Å². The van der Waals surface area contributed by atoms with Gasteiger partial charge in [0, 0.05) is 36.0 Å². The monoisotopic (exact) mass is 483 g/mol. The first-order chi connectivity index (χ1) is 17.5. The number of rotatable bonds is 9. The molecule has 3 aromatic carbocycles. The van der Waals surface area contributed by atoms with Crippen LogP contribution >= 0.6 is 0 Å². The third-order valence-corrected chi connectivity index (χ3v) is 5.11. The van der Waals surface area contributed by atoms with Crippen LogP contribution in [0, 0.1) is 0 Å². The standard InChI is InChI=1S/C27H25N5O4/c33-17-1-16-28-24(36)15-4-18-2-9-21(10-3-18)29-27-31-25(19-5-11-22(34)12-6-19)30-26(32-27)20-7-13-23(35)14-8-20/h2-15,33-35H,1,16-17H2,(H,28,36)(H,29,30,31,32)/b15-4+. The third-order valence-electron chi connectivity index (χ3n) is 5.11. The van der Waals surface area contributed by atoms with E-state index in [1.807, 2.05) is 24.3 Å². The minimum absolute atomic E-state index is 0.0342. The maximum atomic E-state index is 11.8. The van der Waals surface area contributed by atoms with Crippen molar-refractivity contribution in [3.8, 4) is 34.3 Å². The van der Waals surface area contributed by atoms with Crippen LogP contribution in [-0.4, -0.2) is 49.3 Å². The summed E-state index contributed by atoms with van der Waals surface area (Å²) in [6, 6.07) is 20.5. The molecule has 4 aromatic rings. The van der Waals surface area contributed by atoms with E-state index in [2.05, 4.69) is 25.6 Å². The number of carbonyl (C=O) groups is 1. The average molecular weight is 484 g/mol. The summed E-state index contributed by atoms with van der Waals surface area (Å²) in [7, 11) is 0. The number of aliphatic hydroxyl groups is 1. The van der Waals surface area contributed by atoms with Crippen LogP contribution in [0.5, 0.6) is 11.5 Å². The van der Waals surface area contributed by atoms with Crippen molar-refractivity contribution in [1.82, 2.24) is 20.3 Å². The Bertz CT molecular complexity index is 1270. The normalized spacial score (nSPS) is 10.9. The number of phenolic OH excluding ortho intramolecular Hbond substituents is 2. The number of amides is 1. The quantitative estimate of drug-likeness (QED) is 0.178. The molecule has 4 rings (SSSR count). The predicted molar refractivity (Wildman–Crippen MR) is 137 cm³/mol. The lowest BCUT2D eigenvalue weighted by Crippen LogP contribution is -2.22. The van der Waals surface area contributed by atoms with Crippen LogP contribution in [0.15, 0.2) is 78.9 Å². The number of benzene rings is 3. The maximum absolute atomic E-state index is 11.8. The van der Waals surface area contributed by atoms with E-state index in [0.717, 1.165) is 11.3 Å². The number of hydrogen-bond acceptors (Lipinski definition) is 8.